The smallest absolute Gasteiger partial charge is 0.290 e. The fraction of sp³-hybridized carbons (Fsp3) is 0. The van der Waals surface area contributed by atoms with E-state index in [1.165, 1.54) is 6.33 Å². The first-order valence-electron chi connectivity index (χ1n) is 3.31. The molecular weight excluding hydrogens is 190 g/mol. The zero-order valence-corrected chi connectivity index (χ0v) is 7.36. The molecule has 13 heavy (non-hydrogen) atoms. The van der Waals surface area contributed by atoms with Crippen LogP contribution < -0.4 is 5.73 Å². The third kappa shape index (κ3) is 2.12. The summed E-state index contributed by atoms with van der Waals surface area (Å²) in [6.07, 6.45) is 1.48. The molecule has 0 unspecified atom stereocenters. The molecule has 3 N–H and O–H groups in total. The van der Waals surface area contributed by atoms with Gasteiger partial charge in [-0.15, -0.1) is 11.3 Å². The first-order chi connectivity index (χ1) is 6.29. The van der Waals surface area contributed by atoms with Gasteiger partial charge in [0.15, 0.2) is 0 Å². The van der Waals surface area contributed by atoms with Crippen LogP contribution in [-0.2, 0) is 4.79 Å². The third-order valence-electron chi connectivity index (χ3n) is 1.27. The summed E-state index contributed by atoms with van der Waals surface area (Å²) in [7, 11) is 0. The number of nitrogens with zero attached hydrogens (tertiary/aromatic N) is 2. The molecule has 2 heterocycles. The second-order valence-electron chi connectivity index (χ2n) is 2.00. The van der Waals surface area contributed by atoms with Crippen molar-refractivity contribution in [2.75, 3.05) is 5.73 Å². The highest BCUT2D eigenvalue weighted by atomic mass is 32.1. The Labute approximate surface area is 77.9 Å². The molecule has 2 rings (SSSR count). The molecule has 5 nitrogen and oxygen atoms in total. The summed E-state index contributed by atoms with van der Waals surface area (Å²) in [5.74, 6) is 0.569. The molecule has 0 aliphatic rings. The molecule has 0 amide bonds. The minimum atomic E-state index is -0.250. The van der Waals surface area contributed by atoms with Crippen LogP contribution in [0.1, 0.15) is 0 Å². The van der Waals surface area contributed by atoms with Crippen LogP contribution in [0.15, 0.2) is 17.8 Å². The fourth-order valence-corrected chi connectivity index (χ4v) is 1.56. The zero-order chi connectivity index (χ0) is 9.68. The molecule has 2 aromatic heterocycles. The number of carbonyl (C=O) groups is 1. The van der Waals surface area contributed by atoms with Gasteiger partial charge in [-0.25, -0.2) is 9.97 Å². The molecule has 0 aliphatic carbocycles. The number of hydrogen-bond acceptors (Lipinski definition) is 5. The second-order valence-corrected chi connectivity index (χ2v) is 2.92. The monoisotopic (exact) mass is 197 g/mol. The van der Waals surface area contributed by atoms with E-state index in [-0.39, 0.29) is 6.47 Å². The molecule has 0 aromatic carbocycles. The minimum Gasteiger partial charge on any atom is -0.483 e. The van der Waals surface area contributed by atoms with Crippen LogP contribution in [-0.4, -0.2) is 21.5 Å². The average molecular weight is 197 g/mol. The summed E-state index contributed by atoms with van der Waals surface area (Å²) in [5.41, 5.74) is 6.49. The molecule has 0 spiro atoms. The topological polar surface area (TPSA) is 89.1 Å². The summed E-state index contributed by atoms with van der Waals surface area (Å²) >= 11 is 1.56. The lowest BCUT2D eigenvalue weighted by atomic mass is 10.4. The van der Waals surface area contributed by atoms with Crippen LogP contribution in [0.2, 0.25) is 0 Å². The van der Waals surface area contributed by atoms with Gasteiger partial charge in [0, 0.05) is 0 Å². The average Bonchev–Trinajstić information content (AvgIpc) is 2.54. The fourth-order valence-electron chi connectivity index (χ4n) is 0.808. The molecule has 0 fully saturated rings. The van der Waals surface area contributed by atoms with Crippen molar-refractivity contribution >= 4 is 33.8 Å². The zero-order valence-electron chi connectivity index (χ0n) is 6.54. The summed E-state index contributed by atoms with van der Waals surface area (Å²) in [4.78, 5) is 16.2. The number of thiophene rings is 1. The molecule has 0 saturated heterocycles. The van der Waals surface area contributed by atoms with E-state index in [2.05, 4.69) is 9.97 Å². The normalized spacial score (nSPS) is 8.92. The molecule has 68 valence electrons. The van der Waals surface area contributed by atoms with Crippen LogP contribution in [0, 0.1) is 0 Å². The van der Waals surface area contributed by atoms with Gasteiger partial charge < -0.3 is 10.8 Å². The van der Waals surface area contributed by atoms with Gasteiger partial charge in [-0.1, -0.05) is 0 Å². The van der Waals surface area contributed by atoms with Gasteiger partial charge in [0.25, 0.3) is 6.47 Å². The number of hydrogen-bond donors (Lipinski definition) is 2. The number of rotatable bonds is 0. The predicted octanol–water partition coefficient (Wildman–Crippen LogP) is 0.974. The van der Waals surface area contributed by atoms with E-state index in [4.69, 9.17) is 15.6 Å². The Balaban J connectivity index is 0.000000251. The largest absolute Gasteiger partial charge is 0.483 e. The molecule has 0 atom stereocenters. The highest BCUT2D eigenvalue weighted by Crippen LogP contribution is 2.21. The van der Waals surface area contributed by atoms with E-state index in [0.717, 1.165) is 10.2 Å². The summed E-state index contributed by atoms with van der Waals surface area (Å²) in [6.45, 7) is -0.250. The van der Waals surface area contributed by atoms with Gasteiger partial charge in [0.1, 0.15) is 12.1 Å². The van der Waals surface area contributed by atoms with Crippen LogP contribution in [0.4, 0.5) is 5.82 Å². The number of nitrogens with two attached hydrogens (primary N) is 1. The molecule has 2 aromatic rings. The van der Waals surface area contributed by atoms with E-state index in [9.17, 15) is 0 Å². The molecule has 6 heteroatoms. The Morgan fingerprint density at radius 2 is 2.23 bits per heavy atom. The lowest BCUT2D eigenvalue weighted by molar-refractivity contribution is -0.122. The highest BCUT2D eigenvalue weighted by molar-refractivity contribution is 7.17. The van der Waals surface area contributed by atoms with Gasteiger partial charge in [0.2, 0.25) is 0 Å². The second kappa shape index (κ2) is 4.36. The lowest BCUT2D eigenvalue weighted by Crippen LogP contribution is -1.89. The van der Waals surface area contributed by atoms with E-state index >= 15 is 0 Å². The van der Waals surface area contributed by atoms with Gasteiger partial charge in [-0.2, -0.15) is 0 Å². The molecule has 0 radical (unpaired) electrons. The van der Waals surface area contributed by atoms with E-state index in [1.54, 1.807) is 11.3 Å². The van der Waals surface area contributed by atoms with E-state index in [1.807, 2.05) is 11.4 Å². The maximum absolute atomic E-state index is 8.36. The number of carboxylic acid groups (broad SMARTS) is 1. The predicted molar refractivity (Wildman–Crippen MR) is 50.5 cm³/mol. The van der Waals surface area contributed by atoms with Crippen molar-refractivity contribution in [1.29, 1.82) is 0 Å². The SMILES string of the molecule is Nc1ncnc2ccsc12.O=CO. The van der Waals surface area contributed by atoms with Crippen molar-refractivity contribution in [3.63, 3.8) is 0 Å². The number of nitrogen functional groups attached to an aromatic ring is 1. The van der Waals surface area contributed by atoms with E-state index < -0.39 is 0 Å². The summed E-state index contributed by atoms with van der Waals surface area (Å²) < 4.78 is 0.975. The van der Waals surface area contributed by atoms with E-state index in [0.29, 0.717) is 5.82 Å². The summed E-state index contributed by atoms with van der Waals surface area (Å²) in [6, 6.07) is 1.93. The van der Waals surface area contributed by atoms with Gasteiger partial charge >= 0.3 is 0 Å². The van der Waals surface area contributed by atoms with Crippen molar-refractivity contribution in [2.24, 2.45) is 0 Å². The standard InChI is InChI=1S/C6H5N3S.CH2O2/c7-6-5-4(1-2-10-5)8-3-9-6;2-1-3/h1-3H,(H2,7,8,9);1H,(H,2,3). The van der Waals surface area contributed by atoms with Gasteiger partial charge in [-0.3, -0.25) is 4.79 Å². The molecule has 0 saturated carbocycles. The number of anilines is 1. The Morgan fingerprint density at radius 3 is 2.85 bits per heavy atom. The number of fused-ring (bicyclic) bond motifs is 1. The van der Waals surface area contributed by atoms with Crippen molar-refractivity contribution in [1.82, 2.24) is 9.97 Å². The maximum atomic E-state index is 8.36. The Morgan fingerprint density at radius 1 is 1.54 bits per heavy atom. The van der Waals surface area contributed by atoms with Gasteiger partial charge in [0.05, 0.1) is 10.2 Å². The van der Waals surface area contributed by atoms with Crippen molar-refractivity contribution in [3.05, 3.63) is 17.8 Å². The Bertz CT molecular complexity index is 401. The molecule has 0 aliphatic heterocycles. The number of aromatic nitrogens is 2. The third-order valence-corrected chi connectivity index (χ3v) is 2.20. The van der Waals surface area contributed by atoms with Crippen molar-refractivity contribution in [3.8, 4) is 0 Å². The van der Waals surface area contributed by atoms with Crippen molar-refractivity contribution < 1.29 is 9.90 Å². The maximum Gasteiger partial charge on any atom is 0.290 e. The van der Waals surface area contributed by atoms with Crippen LogP contribution in [0.5, 0.6) is 0 Å². The van der Waals surface area contributed by atoms with Crippen LogP contribution >= 0.6 is 11.3 Å². The molecule has 0 bridgehead atoms. The first-order valence-corrected chi connectivity index (χ1v) is 4.19. The molecular formula is C7H7N3O2S. The quantitative estimate of drug-likeness (QED) is 0.614. The highest BCUT2D eigenvalue weighted by Gasteiger charge is 1.98. The first kappa shape index (κ1) is 9.40. The summed E-state index contributed by atoms with van der Waals surface area (Å²) in [5, 5.41) is 8.84. The lowest BCUT2D eigenvalue weighted by Gasteiger charge is -1.90. The minimum absolute atomic E-state index is 0.250. The Kier molecular flexibility index (Phi) is 3.15. The van der Waals surface area contributed by atoms with Crippen LogP contribution in [0.3, 0.4) is 0 Å². The Hall–Kier alpha value is -1.69. The van der Waals surface area contributed by atoms with Crippen LogP contribution in [0.25, 0.3) is 10.2 Å². The van der Waals surface area contributed by atoms with Gasteiger partial charge in [-0.05, 0) is 11.4 Å². The van der Waals surface area contributed by atoms with Crippen molar-refractivity contribution in [2.45, 2.75) is 0 Å².